The van der Waals surface area contributed by atoms with E-state index < -0.39 is 12.0 Å². The number of hydrogen-bond donors (Lipinski definition) is 0. The number of halogens is 3. The van der Waals surface area contributed by atoms with Gasteiger partial charge in [0, 0.05) is 35.2 Å². The molecule has 29 heavy (non-hydrogen) atoms. The van der Waals surface area contributed by atoms with Crippen LogP contribution >= 0.6 is 0 Å². The molecule has 1 aromatic rings. The minimum absolute atomic E-state index is 0.188. The molecule has 0 radical (unpaired) electrons. The van der Waals surface area contributed by atoms with Crippen LogP contribution < -0.4 is 4.74 Å². The fourth-order valence-corrected chi connectivity index (χ4v) is 5.05. The first-order valence-electron chi connectivity index (χ1n) is 9.65. The largest absolute Gasteiger partial charge is 0.573 e. The summed E-state index contributed by atoms with van der Waals surface area (Å²) in [7, 11) is 0. The fourth-order valence-electron chi connectivity index (χ4n) is 5.05. The van der Waals surface area contributed by atoms with Gasteiger partial charge in [-0.3, -0.25) is 4.90 Å². The summed E-state index contributed by atoms with van der Waals surface area (Å²) >= 11 is 0. The lowest BCUT2D eigenvalue weighted by Crippen LogP contribution is -2.48. The smallest absolute Gasteiger partial charge is 0.449 e. The van der Waals surface area contributed by atoms with E-state index in [-0.39, 0.29) is 23.8 Å². The summed E-state index contributed by atoms with van der Waals surface area (Å²) in [5.41, 5.74) is 1.58. The Morgan fingerprint density at radius 2 is 1.97 bits per heavy atom. The molecule has 0 N–H and O–H groups in total. The Kier molecular flexibility index (Phi) is 4.04. The number of benzene rings is 1. The summed E-state index contributed by atoms with van der Waals surface area (Å²) in [6, 6.07) is 5.81. The van der Waals surface area contributed by atoms with Crippen LogP contribution in [0.1, 0.15) is 31.2 Å². The number of hydrogen-bond acceptors (Lipinski definition) is 4. The molecule has 0 amide bonds. The summed E-state index contributed by atoms with van der Waals surface area (Å²) in [4.78, 5) is 14.6. The second-order valence-corrected chi connectivity index (χ2v) is 7.79. The second-order valence-electron chi connectivity index (χ2n) is 7.79. The number of nitrogens with zero attached hydrogens (tertiary/aromatic N) is 1. The lowest BCUT2D eigenvalue weighted by atomic mass is 9.77. The van der Waals surface area contributed by atoms with E-state index in [1.165, 1.54) is 24.3 Å². The van der Waals surface area contributed by atoms with Crippen molar-refractivity contribution in [1.29, 1.82) is 0 Å². The van der Waals surface area contributed by atoms with Crippen LogP contribution in [-0.4, -0.2) is 41.5 Å². The number of esters is 1. The molecule has 0 aromatic heterocycles. The first kappa shape index (κ1) is 18.3. The van der Waals surface area contributed by atoms with Gasteiger partial charge in [0.2, 0.25) is 0 Å². The van der Waals surface area contributed by atoms with Gasteiger partial charge in [0.25, 0.3) is 0 Å². The lowest BCUT2D eigenvalue weighted by Gasteiger charge is -2.38. The number of piperidine rings is 1. The molecule has 3 aliphatic heterocycles. The maximum absolute atomic E-state index is 12.3. The molecule has 2 bridgehead atoms. The van der Waals surface area contributed by atoms with Crippen LogP contribution in [0.5, 0.6) is 5.75 Å². The van der Waals surface area contributed by atoms with Crippen molar-refractivity contribution >= 4 is 5.97 Å². The lowest BCUT2D eigenvalue weighted by molar-refractivity contribution is -0.274. The van der Waals surface area contributed by atoms with Crippen molar-refractivity contribution in [1.82, 2.24) is 4.90 Å². The quantitative estimate of drug-likeness (QED) is 0.531. The Hall–Kier alpha value is -2.72. The van der Waals surface area contributed by atoms with Gasteiger partial charge in [0.05, 0.1) is 6.04 Å². The van der Waals surface area contributed by atoms with E-state index in [0.29, 0.717) is 5.56 Å². The molecular weight excluding hydrogens is 383 g/mol. The summed E-state index contributed by atoms with van der Waals surface area (Å²) in [5.74, 6) is 5.51. The maximum Gasteiger partial charge on any atom is 0.573 e. The van der Waals surface area contributed by atoms with Gasteiger partial charge >= 0.3 is 12.3 Å². The monoisotopic (exact) mass is 401 g/mol. The van der Waals surface area contributed by atoms with Gasteiger partial charge in [0.1, 0.15) is 5.75 Å². The predicted octanol–water partition coefficient (Wildman–Crippen LogP) is 3.73. The van der Waals surface area contributed by atoms with Crippen molar-refractivity contribution in [3.05, 3.63) is 53.1 Å². The second kappa shape index (κ2) is 6.39. The van der Waals surface area contributed by atoms with Crippen molar-refractivity contribution in [2.45, 2.75) is 49.7 Å². The van der Waals surface area contributed by atoms with Crippen molar-refractivity contribution in [2.75, 3.05) is 6.54 Å². The van der Waals surface area contributed by atoms with Gasteiger partial charge in [-0.25, -0.2) is 4.79 Å². The van der Waals surface area contributed by atoms with Gasteiger partial charge in [-0.05, 0) is 43.7 Å². The molecule has 2 fully saturated rings. The number of carbonyl (C=O) groups excluding carboxylic acids is 1. The normalized spacial score (nSPS) is 30.4. The van der Waals surface area contributed by atoms with E-state index in [1.807, 2.05) is 0 Å². The molecule has 1 aliphatic carbocycles. The van der Waals surface area contributed by atoms with E-state index in [4.69, 9.17) is 4.74 Å². The third kappa shape index (κ3) is 3.12. The molecule has 0 saturated carbocycles. The van der Waals surface area contributed by atoms with E-state index in [1.54, 1.807) is 6.08 Å². The molecule has 4 aliphatic rings. The maximum atomic E-state index is 12.3. The summed E-state index contributed by atoms with van der Waals surface area (Å²) < 4.78 is 46.6. The van der Waals surface area contributed by atoms with Gasteiger partial charge in [-0.15, -0.1) is 13.2 Å². The van der Waals surface area contributed by atoms with Crippen LogP contribution in [0.25, 0.3) is 0 Å². The average molecular weight is 401 g/mol. The summed E-state index contributed by atoms with van der Waals surface area (Å²) in [5, 5.41) is 0. The highest BCUT2D eigenvalue weighted by Gasteiger charge is 2.61. The molecule has 4 nitrogen and oxygen atoms in total. The Balaban J connectivity index is 1.44. The fraction of sp³-hybridized carbons (Fsp3) is 0.409. The Morgan fingerprint density at radius 1 is 1.17 bits per heavy atom. The first-order chi connectivity index (χ1) is 13.8. The van der Waals surface area contributed by atoms with Crippen LogP contribution in [0.3, 0.4) is 0 Å². The molecule has 2 saturated heterocycles. The number of fused-ring (bicyclic) bond motifs is 3. The molecular formula is C22H18F3NO3. The van der Waals surface area contributed by atoms with E-state index in [2.05, 4.69) is 27.6 Å². The first-order valence-corrected chi connectivity index (χ1v) is 9.65. The van der Waals surface area contributed by atoms with Gasteiger partial charge in [0.15, 0.2) is 5.60 Å². The average Bonchev–Trinajstić information content (AvgIpc) is 3.15. The van der Waals surface area contributed by atoms with E-state index >= 15 is 0 Å². The highest BCUT2D eigenvalue weighted by Crippen LogP contribution is 2.53. The van der Waals surface area contributed by atoms with Crippen LogP contribution in [0.2, 0.25) is 0 Å². The van der Waals surface area contributed by atoms with Gasteiger partial charge < -0.3 is 9.47 Å². The third-order valence-electron chi connectivity index (χ3n) is 6.10. The predicted molar refractivity (Wildman–Crippen MR) is 97.7 cm³/mol. The molecule has 150 valence electrons. The molecule has 1 aromatic carbocycles. The van der Waals surface area contributed by atoms with Crippen molar-refractivity contribution in [3.8, 4) is 17.6 Å². The zero-order valence-corrected chi connectivity index (χ0v) is 15.5. The van der Waals surface area contributed by atoms with E-state index in [0.717, 1.165) is 43.4 Å². The van der Waals surface area contributed by atoms with E-state index in [9.17, 15) is 18.0 Å². The van der Waals surface area contributed by atoms with Crippen LogP contribution in [0.4, 0.5) is 13.2 Å². The number of rotatable bonds is 1. The van der Waals surface area contributed by atoms with Crippen LogP contribution in [0, 0.1) is 11.8 Å². The highest BCUT2D eigenvalue weighted by molar-refractivity contribution is 5.90. The third-order valence-corrected chi connectivity index (χ3v) is 6.10. The Bertz CT molecular complexity index is 983. The standard InChI is InChI=1S/C22H18F3NO3/c23-22(24,25)28-17-8-5-14(6-9-17)4-7-15-11-16-13-21(18(15)12-20(27)29-21)19-3-1-2-10-26(16)19/h5-6,8-9,11-12,16,19H,1-3,10,13H2/t16-,19-,21+/m1/s1. The van der Waals surface area contributed by atoms with Crippen LogP contribution in [-0.2, 0) is 9.53 Å². The van der Waals surface area contributed by atoms with Crippen LogP contribution in [0.15, 0.2) is 47.6 Å². The number of alkyl halides is 3. The summed E-state index contributed by atoms with van der Waals surface area (Å²) in [6.45, 7) is 0.986. The molecule has 7 heteroatoms. The highest BCUT2D eigenvalue weighted by atomic mass is 19.4. The van der Waals surface area contributed by atoms with Gasteiger partial charge in [-0.2, -0.15) is 0 Å². The summed E-state index contributed by atoms with van der Waals surface area (Å²) in [6.07, 6.45) is 2.95. The van der Waals surface area contributed by atoms with Crippen molar-refractivity contribution < 1.29 is 27.4 Å². The zero-order valence-electron chi connectivity index (χ0n) is 15.5. The minimum Gasteiger partial charge on any atom is -0.449 e. The minimum atomic E-state index is -4.72. The molecule has 5 rings (SSSR count). The van der Waals surface area contributed by atoms with Gasteiger partial charge in [-0.1, -0.05) is 24.3 Å². The Morgan fingerprint density at radius 3 is 2.72 bits per heavy atom. The zero-order chi connectivity index (χ0) is 20.2. The molecule has 1 spiro atoms. The Labute approximate surface area is 166 Å². The number of ether oxygens (including phenoxy) is 2. The SMILES string of the molecule is O=C1C=C2C(C#Cc3ccc(OC(F)(F)F)cc3)=C[C@@H]3C[C@@]2(O1)[C@H]1CCCCN31. The molecule has 3 heterocycles. The topological polar surface area (TPSA) is 38.8 Å². The van der Waals surface area contributed by atoms with Crippen molar-refractivity contribution in [2.24, 2.45) is 0 Å². The number of carbonyl (C=O) groups is 1. The molecule has 3 atom stereocenters. The molecule has 0 unspecified atom stereocenters. The van der Waals surface area contributed by atoms with Crippen molar-refractivity contribution in [3.63, 3.8) is 0 Å².